The standard InChI is InChI=1S/C13H20N2O3/c1-5-18-8-11(4)14-12-6-9(2)10(3)7-13(12)15(16)17/h6-7,11,14H,5,8H2,1-4H3. The molecule has 0 spiro atoms. The number of rotatable bonds is 6. The molecule has 5 heteroatoms. The van der Waals surface area contributed by atoms with E-state index in [2.05, 4.69) is 5.32 Å². The minimum absolute atomic E-state index is 0.0331. The Hall–Kier alpha value is -1.62. The van der Waals surface area contributed by atoms with Crippen LogP contribution in [0.1, 0.15) is 25.0 Å². The zero-order valence-corrected chi connectivity index (χ0v) is 11.3. The van der Waals surface area contributed by atoms with E-state index >= 15 is 0 Å². The van der Waals surface area contributed by atoms with Gasteiger partial charge in [0.2, 0.25) is 0 Å². The fraction of sp³-hybridized carbons (Fsp3) is 0.538. The molecule has 0 aliphatic carbocycles. The number of hydrogen-bond acceptors (Lipinski definition) is 4. The molecule has 0 fully saturated rings. The maximum Gasteiger partial charge on any atom is 0.292 e. The predicted octanol–water partition coefficient (Wildman–Crippen LogP) is 3.05. The van der Waals surface area contributed by atoms with Gasteiger partial charge in [0.05, 0.1) is 11.5 Å². The Bertz CT molecular complexity index is 432. The van der Waals surface area contributed by atoms with E-state index in [0.29, 0.717) is 18.9 Å². The van der Waals surface area contributed by atoms with E-state index in [4.69, 9.17) is 4.74 Å². The average Bonchev–Trinajstić information content (AvgIpc) is 2.30. The van der Waals surface area contributed by atoms with Crippen molar-refractivity contribution in [2.75, 3.05) is 18.5 Å². The maximum atomic E-state index is 11.0. The minimum atomic E-state index is -0.359. The second kappa shape index (κ2) is 6.35. The summed E-state index contributed by atoms with van der Waals surface area (Å²) in [7, 11) is 0. The van der Waals surface area contributed by atoms with Gasteiger partial charge in [0.1, 0.15) is 5.69 Å². The molecule has 0 heterocycles. The van der Waals surface area contributed by atoms with Gasteiger partial charge in [0.25, 0.3) is 5.69 Å². The normalized spacial score (nSPS) is 12.2. The second-order valence-corrected chi connectivity index (χ2v) is 4.42. The lowest BCUT2D eigenvalue weighted by Gasteiger charge is -2.16. The molecule has 0 aliphatic heterocycles. The van der Waals surface area contributed by atoms with Crippen molar-refractivity contribution in [1.29, 1.82) is 0 Å². The van der Waals surface area contributed by atoms with Crippen LogP contribution in [-0.4, -0.2) is 24.2 Å². The molecule has 0 radical (unpaired) electrons. The summed E-state index contributed by atoms with van der Waals surface area (Å²) in [4.78, 5) is 10.7. The van der Waals surface area contributed by atoms with Gasteiger partial charge in [0.15, 0.2) is 0 Å². The number of hydrogen-bond donors (Lipinski definition) is 1. The van der Waals surface area contributed by atoms with Gasteiger partial charge < -0.3 is 10.1 Å². The lowest BCUT2D eigenvalue weighted by Crippen LogP contribution is -2.22. The van der Waals surface area contributed by atoms with Crippen molar-refractivity contribution in [2.24, 2.45) is 0 Å². The monoisotopic (exact) mass is 252 g/mol. The van der Waals surface area contributed by atoms with Gasteiger partial charge in [-0.15, -0.1) is 0 Å². The van der Waals surface area contributed by atoms with Crippen LogP contribution in [0.2, 0.25) is 0 Å². The van der Waals surface area contributed by atoms with Crippen LogP contribution in [0.15, 0.2) is 12.1 Å². The van der Waals surface area contributed by atoms with E-state index in [1.54, 1.807) is 6.07 Å². The van der Waals surface area contributed by atoms with E-state index in [1.165, 1.54) is 0 Å². The van der Waals surface area contributed by atoms with Gasteiger partial charge >= 0.3 is 0 Å². The molecule has 0 saturated heterocycles. The quantitative estimate of drug-likeness (QED) is 0.624. The number of aryl methyl sites for hydroxylation is 2. The Labute approximate surface area is 107 Å². The first kappa shape index (κ1) is 14.4. The summed E-state index contributed by atoms with van der Waals surface area (Å²) in [6.45, 7) is 8.84. The Morgan fingerprint density at radius 2 is 2.00 bits per heavy atom. The highest BCUT2D eigenvalue weighted by atomic mass is 16.6. The van der Waals surface area contributed by atoms with E-state index in [-0.39, 0.29) is 16.7 Å². The largest absolute Gasteiger partial charge is 0.380 e. The summed E-state index contributed by atoms with van der Waals surface area (Å²) in [5, 5.41) is 14.1. The Balaban J connectivity index is 2.93. The molecule has 1 rings (SSSR count). The average molecular weight is 252 g/mol. The number of anilines is 1. The molecule has 0 amide bonds. The molecule has 5 nitrogen and oxygen atoms in total. The van der Waals surface area contributed by atoms with Crippen molar-refractivity contribution in [1.82, 2.24) is 0 Å². The first-order valence-corrected chi connectivity index (χ1v) is 6.05. The molecular weight excluding hydrogens is 232 g/mol. The van der Waals surface area contributed by atoms with Gasteiger partial charge in [-0.3, -0.25) is 10.1 Å². The highest BCUT2D eigenvalue weighted by Crippen LogP contribution is 2.28. The van der Waals surface area contributed by atoms with Crippen LogP contribution in [0.4, 0.5) is 11.4 Å². The van der Waals surface area contributed by atoms with Gasteiger partial charge in [0, 0.05) is 18.7 Å². The van der Waals surface area contributed by atoms with Crippen LogP contribution in [0.5, 0.6) is 0 Å². The third kappa shape index (κ3) is 3.70. The third-order valence-corrected chi connectivity index (χ3v) is 2.78. The molecule has 1 aromatic rings. The van der Waals surface area contributed by atoms with Crippen LogP contribution >= 0.6 is 0 Å². The molecule has 100 valence electrons. The van der Waals surface area contributed by atoms with Crippen molar-refractivity contribution >= 4 is 11.4 Å². The SMILES string of the molecule is CCOCC(C)Nc1cc(C)c(C)cc1[N+](=O)[O-]. The number of ether oxygens (including phenoxy) is 1. The topological polar surface area (TPSA) is 64.4 Å². The van der Waals surface area contributed by atoms with Crippen LogP contribution in [0, 0.1) is 24.0 Å². The van der Waals surface area contributed by atoms with Gasteiger partial charge in [-0.2, -0.15) is 0 Å². The first-order chi connectivity index (χ1) is 8.45. The third-order valence-electron chi connectivity index (χ3n) is 2.78. The molecule has 18 heavy (non-hydrogen) atoms. The predicted molar refractivity (Wildman–Crippen MR) is 72.1 cm³/mol. The number of benzene rings is 1. The van der Waals surface area contributed by atoms with E-state index in [9.17, 15) is 10.1 Å². The van der Waals surface area contributed by atoms with Crippen LogP contribution in [-0.2, 0) is 4.74 Å². The first-order valence-electron chi connectivity index (χ1n) is 6.05. The molecule has 1 atom stereocenters. The fourth-order valence-electron chi connectivity index (χ4n) is 1.67. The molecule has 0 aromatic heterocycles. The highest BCUT2D eigenvalue weighted by molar-refractivity contribution is 5.64. The van der Waals surface area contributed by atoms with Crippen LogP contribution in [0.3, 0.4) is 0 Å². The maximum absolute atomic E-state index is 11.0. The molecule has 1 unspecified atom stereocenters. The van der Waals surface area contributed by atoms with E-state index < -0.39 is 0 Å². The number of nitrogens with zero attached hydrogens (tertiary/aromatic N) is 1. The van der Waals surface area contributed by atoms with Crippen LogP contribution in [0.25, 0.3) is 0 Å². The molecular formula is C13H20N2O3. The number of nitrogens with one attached hydrogen (secondary N) is 1. The summed E-state index contributed by atoms with van der Waals surface area (Å²) < 4.78 is 5.29. The Morgan fingerprint density at radius 3 is 2.56 bits per heavy atom. The van der Waals surface area contributed by atoms with Gasteiger partial charge in [-0.25, -0.2) is 0 Å². The summed E-state index contributed by atoms with van der Waals surface area (Å²) in [6, 6.07) is 3.45. The Kier molecular flexibility index (Phi) is 5.09. The molecule has 1 N–H and O–H groups in total. The van der Waals surface area contributed by atoms with Crippen molar-refractivity contribution < 1.29 is 9.66 Å². The van der Waals surface area contributed by atoms with E-state index in [0.717, 1.165) is 11.1 Å². The smallest absolute Gasteiger partial charge is 0.292 e. The fourth-order valence-corrected chi connectivity index (χ4v) is 1.67. The summed E-state index contributed by atoms with van der Waals surface area (Å²) in [5.41, 5.74) is 2.62. The van der Waals surface area contributed by atoms with Crippen LogP contribution < -0.4 is 5.32 Å². The molecule has 0 aliphatic rings. The summed E-state index contributed by atoms with van der Waals surface area (Å²) in [6.07, 6.45) is 0. The number of nitro benzene ring substituents is 1. The van der Waals surface area contributed by atoms with Gasteiger partial charge in [-0.1, -0.05) is 0 Å². The number of nitro groups is 1. The molecule has 1 aromatic carbocycles. The summed E-state index contributed by atoms with van der Waals surface area (Å²) >= 11 is 0. The van der Waals surface area contributed by atoms with Crippen molar-refractivity contribution in [2.45, 2.75) is 33.7 Å². The van der Waals surface area contributed by atoms with Gasteiger partial charge in [-0.05, 0) is 44.9 Å². The zero-order valence-electron chi connectivity index (χ0n) is 11.3. The summed E-state index contributed by atoms with van der Waals surface area (Å²) in [5.74, 6) is 0. The van der Waals surface area contributed by atoms with Crippen molar-refractivity contribution in [3.05, 3.63) is 33.4 Å². The minimum Gasteiger partial charge on any atom is -0.380 e. The van der Waals surface area contributed by atoms with Crippen molar-refractivity contribution in [3.8, 4) is 0 Å². The lowest BCUT2D eigenvalue weighted by atomic mass is 10.1. The zero-order chi connectivity index (χ0) is 13.7. The molecule has 0 saturated carbocycles. The molecule has 0 bridgehead atoms. The Morgan fingerprint density at radius 1 is 1.39 bits per heavy atom. The van der Waals surface area contributed by atoms with E-state index in [1.807, 2.05) is 33.8 Å². The lowest BCUT2D eigenvalue weighted by molar-refractivity contribution is -0.384. The van der Waals surface area contributed by atoms with Crippen molar-refractivity contribution in [3.63, 3.8) is 0 Å². The second-order valence-electron chi connectivity index (χ2n) is 4.42. The highest BCUT2D eigenvalue weighted by Gasteiger charge is 2.16.